The largest absolute Gasteiger partial charge is 0.369 e. The summed E-state index contributed by atoms with van der Waals surface area (Å²) < 4.78 is 5.36. The van der Waals surface area contributed by atoms with Crippen molar-refractivity contribution in [2.45, 2.75) is 45.8 Å². The number of nitrogens with one attached hydrogen (secondary N) is 1. The second kappa shape index (κ2) is 8.11. The maximum atomic E-state index is 12.3. The van der Waals surface area contributed by atoms with Crippen LogP contribution in [0.15, 0.2) is 24.3 Å². The molecular weight excluding hydrogens is 292 g/mol. The van der Waals surface area contributed by atoms with Gasteiger partial charge in [0, 0.05) is 31.3 Å². The van der Waals surface area contributed by atoms with Gasteiger partial charge in [0.15, 0.2) is 0 Å². The molecule has 1 unspecified atom stereocenters. The van der Waals surface area contributed by atoms with E-state index < -0.39 is 6.10 Å². The highest BCUT2D eigenvalue weighted by Crippen LogP contribution is 2.14. The Morgan fingerprint density at radius 1 is 1.30 bits per heavy atom. The van der Waals surface area contributed by atoms with Gasteiger partial charge < -0.3 is 15.0 Å². The molecule has 1 aromatic carbocycles. The van der Waals surface area contributed by atoms with E-state index in [1.165, 1.54) is 0 Å². The van der Waals surface area contributed by atoms with Crippen LogP contribution in [0.1, 0.15) is 42.6 Å². The summed E-state index contributed by atoms with van der Waals surface area (Å²) in [6, 6.07) is 7.69. The number of hydrogen-bond acceptors (Lipinski definition) is 3. The summed E-state index contributed by atoms with van der Waals surface area (Å²) in [6.45, 7) is 7.47. The number of nitrogens with zero attached hydrogens (tertiary/aromatic N) is 1. The van der Waals surface area contributed by atoms with Crippen molar-refractivity contribution in [3.8, 4) is 0 Å². The zero-order valence-corrected chi connectivity index (χ0v) is 14.2. The Bertz CT molecular complexity index is 551. The monoisotopic (exact) mass is 318 g/mol. The number of carbonyl (C=O) groups is 2. The van der Waals surface area contributed by atoms with Crippen molar-refractivity contribution in [2.24, 2.45) is 0 Å². The smallest absolute Gasteiger partial charge is 0.251 e. The number of rotatable bonds is 5. The van der Waals surface area contributed by atoms with Crippen molar-refractivity contribution < 1.29 is 14.3 Å². The van der Waals surface area contributed by atoms with E-state index in [0.717, 1.165) is 24.0 Å². The van der Waals surface area contributed by atoms with E-state index in [1.807, 2.05) is 43.0 Å². The Morgan fingerprint density at radius 3 is 2.57 bits per heavy atom. The zero-order chi connectivity index (χ0) is 16.8. The third-order valence-corrected chi connectivity index (χ3v) is 4.30. The lowest BCUT2D eigenvalue weighted by molar-refractivity contribution is -0.143. The molecule has 2 rings (SSSR count). The summed E-state index contributed by atoms with van der Waals surface area (Å²) in [7, 11) is 0. The van der Waals surface area contributed by atoms with Crippen molar-refractivity contribution >= 4 is 11.8 Å². The number of carbonyl (C=O) groups excluding carboxylic acids is 2. The predicted octanol–water partition coefficient (Wildman–Crippen LogP) is 2.14. The van der Waals surface area contributed by atoms with Gasteiger partial charge in [0.2, 0.25) is 0 Å². The summed E-state index contributed by atoms with van der Waals surface area (Å²) in [6.07, 6.45) is 1.17. The van der Waals surface area contributed by atoms with Gasteiger partial charge in [0.1, 0.15) is 6.10 Å². The van der Waals surface area contributed by atoms with E-state index >= 15 is 0 Å². The van der Waals surface area contributed by atoms with Crippen LogP contribution >= 0.6 is 0 Å². The molecule has 1 atom stereocenters. The van der Waals surface area contributed by atoms with Gasteiger partial charge in [0.05, 0.1) is 0 Å². The fourth-order valence-corrected chi connectivity index (χ4v) is 2.91. The SMILES string of the molecule is CCOC(C)C(=O)N1CCC(NC(=O)c2ccccc2C)CC1. The van der Waals surface area contributed by atoms with Gasteiger partial charge in [-0.2, -0.15) is 0 Å². The summed E-state index contributed by atoms with van der Waals surface area (Å²) in [5.41, 5.74) is 1.69. The normalized spacial score (nSPS) is 16.9. The van der Waals surface area contributed by atoms with Crippen LogP contribution in [0.4, 0.5) is 0 Å². The molecule has 1 N–H and O–H groups in total. The minimum atomic E-state index is -0.391. The molecule has 2 amide bonds. The van der Waals surface area contributed by atoms with Crippen LogP contribution < -0.4 is 5.32 Å². The van der Waals surface area contributed by atoms with Crippen LogP contribution in [-0.4, -0.2) is 48.6 Å². The highest BCUT2D eigenvalue weighted by molar-refractivity contribution is 5.95. The minimum absolute atomic E-state index is 0.0319. The number of likely N-dealkylation sites (tertiary alicyclic amines) is 1. The summed E-state index contributed by atoms with van der Waals surface area (Å²) in [4.78, 5) is 26.4. The Labute approximate surface area is 138 Å². The molecule has 23 heavy (non-hydrogen) atoms. The molecule has 1 aromatic rings. The van der Waals surface area contributed by atoms with Gasteiger partial charge in [-0.1, -0.05) is 18.2 Å². The highest BCUT2D eigenvalue weighted by atomic mass is 16.5. The zero-order valence-electron chi connectivity index (χ0n) is 14.2. The Morgan fingerprint density at radius 2 is 1.96 bits per heavy atom. The molecule has 1 fully saturated rings. The van der Waals surface area contributed by atoms with Crippen molar-refractivity contribution in [1.82, 2.24) is 10.2 Å². The molecule has 0 bridgehead atoms. The third-order valence-electron chi connectivity index (χ3n) is 4.30. The molecule has 0 radical (unpaired) electrons. The van der Waals surface area contributed by atoms with Crippen molar-refractivity contribution in [3.05, 3.63) is 35.4 Å². The lowest BCUT2D eigenvalue weighted by atomic mass is 10.0. The summed E-state index contributed by atoms with van der Waals surface area (Å²) in [5, 5.41) is 3.08. The molecule has 0 aliphatic carbocycles. The fraction of sp³-hybridized carbons (Fsp3) is 0.556. The number of ether oxygens (including phenoxy) is 1. The molecule has 0 spiro atoms. The first kappa shape index (κ1) is 17.5. The fourth-order valence-electron chi connectivity index (χ4n) is 2.91. The van der Waals surface area contributed by atoms with Crippen LogP contribution in [0.2, 0.25) is 0 Å². The van der Waals surface area contributed by atoms with E-state index in [1.54, 1.807) is 6.92 Å². The van der Waals surface area contributed by atoms with E-state index in [4.69, 9.17) is 4.74 Å². The van der Waals surface area contributed by atoms with Gasteiger partial charge in [-0.25, -0.2) is 0 Å². The van der Waals surface area contributed by atoms with Gasteiger partial charge in [-0.15, -0.1) is 0 Å². The third kappa shape index (κ3) is 4.55. The minimum Gasteiger partial charge on any atom is -0.369 e. The summed E-state index contributed by atoms with van der Waals surface area (Å²) in [5.74, 6) is 0.00564. The van der Waals surface area contributed by atoms with Crippen LogP contribution in [0.3, 0.4) is 0 Å². The number of hydrogen-bond donors (Lipinski definition) is 1. The van der Waals surface area contributed by atoms with Crippen LogP contribution in [-0.2, 0) is 9.53 Å². The number of benzene rings is 1. The number of aryl methyl sites for hydroxylation is 1. The number of piperidine rings is 1. The lowest BCUT2D eigenvalue weighted by Crippen LogP contribution is -2.49. The molecule has 1 saturated heterocycles. The van der Waals surface area contributed by atoms with E-state index in [2.05, 4.69) is 5.32 Å². The molecule has 126 valence electrons. The van der Waals surface area contributed by atoms with E-state index in [-0.39, 0.29) is 17.9 Å². The predicted molar refractivity (Wildman–Crippen MR) is 89.3 cm³/mol. The first-order valence-electron chi connectivity index (χ1n) is 8.29. The average molecular weight is 318 g/mol. The van der Waals surface area contributed by atoms with Crippen molar-refractivity contribution in [2.75, 3.05) is 19.7 Å². The maximum absolute atomic E-state index is 12.3. The molecule has 1 aliphatic rings. The molecule has 0 aromatic heterocycles. The topological polar surface area (TPSA) is 58.6 Å². The van der Waals surface area contributed by atoms with Crippen LogP contribution in [0, 0.1) is 6.92 Å². The standard InChI is InChI=1S/C18H26N2O3/c1-4-23-14(3)18(22)20-11-9-15(10-12-20)19-17(21)16-8-6-5-7-13(16)2/h5-8,14-15H,4,9-12H2,1-3H3,(H,19,21). The van der Waals surface area contributed by atoms with Crippen molar-refractivity contribution in [1.29, 1.82) is 0 Å². The van der Waals surface area contributed by atoms with Crippen LogP contribution in [0.5, 0.6) is 0 Å². The molecular formula is C18H26N2O3. The Balaban J connectivity index is 1.84. The first-order chi connectivity index (χ1) is 11.0. The van der Waals surface area contributed by atoms with E-state index in [0.29, 0.717) is 19.7 Å². The Hall–Kier alpha value is -1.88. The molecule has 1 heterocycles. The molecule has 5 nitrogen and oxygen atoms in total. The second-order valence-electron chi connectivity index (χ2n) is 5.99. The summed E-state index contributed by atoms with van der Waals surface area (Å²) >= 11 is 0. The van der Waals surface area contributed by atoms with Gasteiger partial charge in [-0.05, 0) is 45.2 Å². The van der Waals surface area contributed by atoms with Crippen molar-refractivity contribution in [3.63, 3.8) is 0 Å². The molecule has 1 aliphatic heterocycles. The Kier molecular flexibility index (Phi) is 6.16. The van der Waals surface area contributed by atoms with Crippen LogP contribution in [0.25, 0.3) is 0 Å². The van der Waals surface area contributed by atoms with E-state index in [9.17, 15) is 9.59 Å². The first-order valence-corrected chi connectivity index (χ1v) is 8.29. The second-order valence-corrected chi connectivity index (χ2v) is 5.99. The maximum Gasteiger partial charge on any atom is 0.251 e. The number of amides is 2. The molecule has 5 heteroatoms. The van der Waals surface area contributed by atoms with Gasteiger partial charge in [0.25, 0.3) is 11.8 Å². The lowest BCUT2D eigenvalue weighted by Gasteiger charge is -2.33. The van der Waals surface area contributed by atoms with Gasteiger partial charge in [-0.3, -0.25) is 9.59 Å². The average Bonchev–Trinajstić information content (AvgIpc) is 2.55. The highest BCUT2D eigenvalue weighted by Gasteiger charge is 2.27. The quantitative estimate of drug-likeness (QED) is 0.905. The van der Waals surface area contributed by atoms with Gasteiger partial charge >= 0.3 is 0 Å². The molecule has 0 saturated carbocycles.